The fourth-order valence-electron chi connectivity index (χ4n) is 1.61. The molecule has 2 amide bonds. The van der Waals surface area contributed by atoms with E-state index < -0.39 is 5.24 Å². The van der Waals surface area contributed by atoms with Crippen molar-refractivity contribution in [2.45, 2.75) is 13.0 Å². The van der Waals surface area contributed by atoms with Crippen molar-refractivity contribution in [3.05, 3.63) is 35.3 Å². The van der Waals surface area contributed by atoms with Crippen LogP contribution in [0.1, 0.15) is 11.4 Å². The highest BCUT2D eigenvalue weighted by Gasteiger charge is 2.14. The van der Waals surface area contributed by atoms with Crippen LogP contribution in [0.2, 0.25) is 0 Å². The van der Waals surface area contributed by atoms with Crippen LogP contribution in [0.5, 0.6) is 0 Å². The van der Waals surface area contributed by atoms with Crippen LogP contribution < -0.4 is 5.73 Å². The van der Waals surface area contributed by atoms with Gasteiger partial charge in [0.05, 0.1) is 19.0 Å². The van der Waals surface area contributed by atoms with Gasteiger partial charge < -0.3 is 10.6 Å². The molecule has 7 nitrogen and oxygen atoms in total. The summed E-state index contributed by atoms with van der Waals surface area (Å²) >= 11 is 8.34. The van der Waals surface area contributed by atoms with Gasteiger partial charge in [-0.2, -0.15) is 5.26 Å². The summed E-state index contributed by atoms with van der Waals surface area (Å²) in [5, 5.41) is 17.3. The third-order valence-corrected chi connectivity index (χ3v) is 3.82. The van der Waals surface area contributed by atoms with Gasteiger partial charge in [0.15, 0.2) is 0 Å². The summed E-state index contributed by atoms with van der Waals surface area (Å²) in [6.07, 6.45) is 0.274. The van der Waals surface area contributed by atoms with E-state index in [1.807, 2.05) is 36.4 Å². The lowest BCUT2D eigenvalue weighted by atomic mass is 10.2. The third-order valence-electron chi connectivity index (χ3n) is 2.58. The summed E-state index contributed by atoms with van der Waals surface area (Å²) in [6.45, 7) is 0.674. The van der Waals surface area contributed by atoms with Crippen molar-refractivity contribution in [1.29, 1.82) is 5.26 Å². The Labute approximate surface area is 154 Å². The smallest absolute Gasteiger partial charge is 0.278 e. The second-order valence-corrected chi connectivity index (χ2v) is 6.20. The van der Waals surface area contributed by atoms with Crippen molar-refractivity contribution in [2.75, 3.05) is 6.54 Å². The molecular formula is C14H15N5O2S3. The molecule has 0 atom stereocenters. The molecule has 1 aromatic heterocycles. The fraction of sp³-hybridized carbons (Fsp3) is 0.214. The summed E-state index contributed by atoms with van der Waals surface area (Å²) in [6, 6.07) is 11.7. The first-order valence-electron chi connectivity index (χ1n) is 6.65. The minimum Gasteiger partial charge on any atom is -0.361 e. The van der Waals surface area contributed by atoms with Crippen LogP contribution in [0, 0.1) is 11.3 Å². The molecule has 1 heterocycles. The maximum absolute atomic E-state index is 11.4. The average Bonchev–Trinajstić information content (AvgIpc) is 3.00. The highest BCUT2D eigenvalue weighted by atomic mass is 32.1. The van der Waals surface area contributed by atoms with Crippen molar-refractivity contribution in [3.63, 3.8) is 0 Å². The van der Waals surface area contributed by atoms with Crippen LogP contribution in [0.25, 0.3) is 10.6 Å². The molecule has 0 unspecified atom stereocenters. The van der Waals surface area contributed by atoms with Crippen LogP contribution in [0.4, 0.5) is 9.59 Å². The Bertz CT molecular complexity index is 711. The number of thiol groups is 2. The number of carbonyl (C=O) groups excluding carboxylic acids is 2. The molecule has 0 saturated carbocycles. The quantitative estimate of drug-likeness (QED) is 0.689. The summed E-state index contributed by atoms with van der Waals surface area (Å²) < 4.78 is 0. The zero-order valence-electron chi connectivity index (χ0n) is 12.5. The van der Waals surface area contributed by atoms with Crippen molar-refractivity contribution in [2.24, 2.45) is 5.73 Å². The maximum atomic E-state index is 11.4. The zero-order valence-corrected chi connectivity index (χ0v) is 15.1. The summed E-state index contributed by atoms with van der Waals surface area (Å²) in [5.41, 5.74) is 5.33. The monoisotopic (exact) mass is 381 g/mol. The molecule has 0 aliphatic carbocycles. The number of rotatable bonds is 5. The third kappa shape index (κ3) is 7.45. The SMILES string of the molecule is N#CCCN(Cc1nnc(-c2ccccc2)s1)C(=O)S.NC(=O)S. The first-order chi connectivity index (χ1) is 11.4. The van der Waals surface area contributed by atoms with Gasteiger partial charge in [0, 0.05) is 12.1 Å². The van der Waals surface area contributed by atoms with Crippen LogP contribution in [-0.2, 0) is 6.54 Å². The molecule has 0 bridgehead atoms. The summed E-state index contributed by atoms with van der Waals surface area (Å²) in [4.78, 5) is 21.9. The molecule has 126 valence electrons. The Kier molecular flexibility index (Phi) is 8.85. The molecule has 2 N–H and O–H groups in total. The van der Waals surface area contributed by atoms with Crippen molar-refractivity contribution in [1.82, 2.24) is 15.1 Å². The van der Waals surface area contributed by atoms with Gasteiger partial charge in [0.1, 0.15) is 10.0 Å². The molecule has 2 rings (SSSR count). The molecule has 10 heteroatoms. The molecule has 0 radical (unpaired) electrons. The average molecular weight is 382 g/mol. The maximum Gasteiger partial charge on any atom is 0.278 e. The number of nitrogens with zero attached hydrogens (tertiary/aromatic N) is 4. The lowest BCUT2D eigenvalue weighted by molar-refractivity contribution is 0.222. The first-order valence-corrected chi connectivity index (χ1v) is 8.36. The van der Waals surface area contributed by atoms with Crippen molar-refractivity contribution >= 4 is 47.1 Å². The highest BCUT2D eigenvalue weighted by Crippen LogP contribution is 2.24. The second-order valence-electron chi connectivity index (χ2n) is 4.32. The van der Waals surface area contributed by atoms with E-state index in [2.05, 4.69) is 41.2 Å². The Balaban J connectivity index is 0.000000648. The summed E-state index contributed by atoms with van der Waals surface area (Å²) in [7, 11) is 0. The molecule has 24 heavy (non-hydrogen) atoms. The Morgan fingerprint density at radius 3 is 2.42 bits per heavy atom. The van der Waals surface area contributed by atoms with E-state index in [0.29, 0.717) is 13.1 Å². The number of benzene rings is 1. The van der Waals surface area contributed by atoms with Crippen molar-refractivity contribution in [3.8, 4) is 16.6 Å². The zero-order chi connectivity index (χ0) is 17.9. The number of aromatic nitrogens is 2. The number of hydrogen-bond donors (Lipinski definition) is 3. The standard InChI is InChI=1S/C13H12N4OS2.CH3NOS/c14-7-4-8-17(13(18)19)9-11-15-16-12(20-11)10-5-2-1-3-6-10;2-1(3)4/h1-3,5-6H,4,8-9H2,(H,18,19);(H3,2,3,4). The Morgan fingerprint density at radius 1 is 1.25 bits per heavy atom. The van der Waals surface area contributed by atoms with E-state index in [1.165, 1.54) is 16.2 Å². The largest absolute Gasteiger partial charge is 0.361 e. The number of nitrogens with two attached hydrogens (primary N) is 1. The fourth-order valence-corrected chi connectivity index (χ4v) is 2.64. The number of nitriles is 1. The van der Waals surface area contributed by atoms with Gasteiger partial charge in [-0.05, 0) is 0 Å². The molecule has 0 fully saturated rings. The van der Waals surface area contributed by atoms with E-state index in [0.717, 1.165) is 15.6 Å². The van der Waals surface area contributed by atoms with Gasteiger partial charge in [-0.15, -0.1) is 10.2 Å². The van der Waals surface area contributed by atoms with E-state index >= 15 is 0 Å². The minimum atomic E-state index is -0.639. The highest BCUT2D eigenvalue weighted by molar-refractivity contribution is 7.96. The number of hydrogen-bond acceptors (Lipinski definition) is 6. The van der Waals surface area contributed by atoms with Crippen LogP contribution in [0.15, 0.2) is 30.3 Å². The normalized spacial score (nSPS) is 9.38. The van der Waals surface area contributed by atoms with E-state index in [9.17, 15) is 4.79 Å². The van der Waals surface area contributed by atoms with Gasteiger partial charge in [0.25, 0.3) is 10.5 Å². The molecule has 2 aromatic rings. The van der Waals surface area contributed by atoms with Gasteiger partial charge in [-0.25, -0.2) is 0 Å². The molecule has 0 spiro atoms. The predicted molar refractivity (Wildman–Crippen MR) is 98.9 cm³/mol. The van der Waals surface area contributed by atoms with E-state index in [-0.39, 0.29) is 11.7 Å². The summed E-state index contributed by atoms with van der Waals surface area (Å²) in [5.74, 6) is 0. The van der Waals surface area contributed by atoms with E-state index in [4.69, 9.17) is 10.1 Å². The number of amides is 2. The Hall–Kier alpha value is -2.09. The van der Waals surface area contributed by atoms with Gasteiger partial charge >= 0.3 is 0 Å². The molecule has 0 aliphatic rings. The Morgan fingerprint density at radius 2 is 1.88 bits per heavy atom. The number of carbonyl (C=O) groups is 2. The first kappa shape index (κ1) is 20.0. The van der Waals surface area contributed by atoms with Crippen molar-refractivity contribution < 1.29 is 9.59 Å². The van der Waals surface area contributed by atoms with Gasteiger partial charge in [-0.1, -0.05) is 66.9 Å². The lowest BCUT2D eigenvalue weighted by Crippen LogP contribution is -2.26. The molecule has 1 aromatic carbocycles. The van der Waals surface area contributed by atoms with Crippen LogP contribution in [0.3, 0.4) is 0 Å². The molecular weight excluding hydrogens is 366 g/mol. The van der Waals surface area contributed by atoms with Crippen LogP contribution in [-0.4, -0.2) is 32.1 Å². The molecule has 0 saturated heterocycles. The van der Waals surface area contributed by atoms with Gasteiger partial charge in [-0.3, -0.25) is 9.59 Å². The number of primary amides is 1. The lowest BCUT2D eigenvalue weighted by Gasteiger charge is -2.16. The van der Waals surface area contributed by atoms with Crippen LogP contribution >= 0.6 is 36.6 Å². The topological polar surface area (TPSA) is 113 Å². The minimum absolute atomic E-state index is 0.274. The second kappa shape index (κ2) is 10.6. The van der Waals surface area contributed by atoms with Gasteiger partial charge in [0.2, 0.25) is 0 Å². The molecule has 0 aliphatic heterocycles. The van der Waals surface area contributed by atoms with E-state index in [1.54, 1.807) is 0 Å². The predicted octanol–water partition coefficient (Wildman–Crippen LogP) is 2.97.